The van der Waals surface area contributed by atoms with E-state index in [1.54, 1.807) is 12.3 Å². The van der Waals surface area contributed by atoms with Gasteiger partial charge in [0.15, 0.2) is 5.65 Å². The highest BCUT2D eigenvalue weighted by molar-refractivity contribution is 5.88. The Hall–Kier alpha value is -2.89. The number of aromatic amines is 1. The normalized spacial score (nSPS) is 11.4. The highest BCUT2D eigenvalue weighted by Gasteiger charge is 2.16. The van der Waals surface area contributed by atoms with Gasteiger partial charge in [-0.1, -0.05) is 30.3 Å². The van der Waals surface area contributed by atoms with Crippen LogP contribution in [-0.2, 0) is 4.74 Å². The van der Waals surface area contributed by atoms with E-state index < -0.39 is 11.7 Å². The molecule has 0 bridgehead atoms. The number of carbonyl (C=O) groups is 1. The number of nitrogens with zero attached hydrogens (tertiary/aromatic N) is 2. The standard InChI is InChI=1S/C17H18N4O2/c1-17(2,3)23-16(22)19-12-9-13-15(18-10-12)21-14(20-13)11-7-5-4-6-8-11/h4-10H,1-3H3,(H,19,22)(H,18,20,21). The predicted octanol–water partition coefficient (Wildman–Crippen LogP) is 3.97. The fourth-order valence-corrected chi connectivity index (χ4v) is 2.12. The summed E-state index contributed by atoms with van der Waals surface area (Å²) in [4.78, 5) is 23.7. The van der Waals surface area contributed by atoms with Crippen LogP contribution in [0.2, 0.25) is 0 Å². The van der Waals surface area contributed by atoms with Crippen molar-refractivity contribution in [2.24, 2.45) is 0 Å². The highest BCUT2D eigenvalue weighted by Crippen LogP contribution is 2.21. The molecule has 2 N–H and O–H groups in total. The summed E-state index contributed by atoms with van der Waals surface area (Å²) in [5, 5.41) is 2.67. The van der Waals surface area contributed by atoms with Gasteiger partial charge < -0.3 is 9.72 Å². The van der Waals surface area contributed by atoms with Crippen molar-refractivity contribution in [1.82, 2.24) is 15.0 Å². The van der Waals surface area contributed by atoms with Gasteiger partial charge in [0.25, 0.3) is 0 Å². The van der Waals surface area contributed by atoms with E-state index in [-0.39, 0.29) is 0 Å². The van der Waals surface area contributed by atoms with Crippen molar-refractivity contribution in [2.45, 2.75) is 26.4 Å². The average Bonchev–Trinajstić information content (AvgIpc) is 2.89. The Labute approximate surface area is 133 Å². The third-order valence-electron chi connectivity index (χ3n) is 3.03. The van der Waals surface area contributed by atoms with E-state index >= 15 is 0 Å². The summed E-state index contributed by atoms with van der Waals surface area (Å²) in [6, 6.07) is 11.6. The first-order chi connectivity index (χ1) is 10.9. The highest BCUT2D eigenvalue weighted by atomic mass is 16.6. The van der Waals surface area contributed by atoms with Crippen LogP contribution in [0.3, 0.4) is 0 Å². The largest absolute Gasteiger partial charge is 0.444 e. The average molecular weight is 310 g/mol. The van der Waals surface area contributed by atoms with E-state index in [0.29, 0.717) is 11.3 Å². The Balaban J connectivity index is 1.84. The summed E-state index contributed by atoms with van der Waals surface area (Å²) >= 11 is 0. The number of pyridine rings is 1. The summed E-state index contributed by atoms with van der Waals surface area (Å²) in [5.74, 6) is 0.738. The number of hydrogen-bond acceptors (Lipinski definition) is 4. The zero-order valence-corrected chi connectivity index (χ0v) is 13.3. The Morgan fingerprint density at radius 2 is 1.96 bits per heavy atom. The van der Waals surface area contributed by atoms with Crippen molar-refractivity contribution in [2.75, 3.05) is 5.32 Å². The number of H-pyrrole nitrogens is 1. The van der Waals surface area contributed by atoms with Crippen LogP contribution in [0.5, 0.6) is 0 Å². The third-order valence-corrected chi connectivity index (χ3v) is 3.03. The molecule has 0 aliphatic heterocycles. The lowest BCUT2D eigenvalue weighted by atomic mass is 10.2. The molecular formula is C17H18N4O2. The second-order valence-corrected chi connectivity index (χ2v) is 6.17. The lowest BCUT2D eigenvalue weighted by Gasteiger charge is -2.19. The fourth-order valence-electron chi connectivity index (χ4n) is 2.12. The molecule has 1 amide bonds. The second kappa shape index (κ2) is 5.72. The Morgan fingerprint density at radius 1 is 1.22 bits per heavy atom. The number of fused-ring (bicyclic) bond motifs is 1. The Bertz CT molecular complexity index is 835. The zero-order chi connectivity index (χ0) is 16.4. The number of anilines is 1. The van der Waals surface area contributed by atoms with Gasteiger partial charge in [-0.2, -0.15) is 0 Å². The minimum absolute atomic E-state index is 0.513. The number of ether oxygens (including phenoxy) is 1. The number of hydrogen-bond donors (Lipinski definition) is 2. The lowest BCUT2D eigenvalue weighted by Crippen LogP contribution is -2.27. The van der Waals surface area contributed by atoms with Crippen molar-refractivity contribution in [1.29, 1.82) is 0 Å². The predicted molar refractivity (Wildman–Crippen MR) is 89.2 cm³/mol. The first-order valence-corrected chi connectivity index (χ1v) is 7.32. The lowest BCUT2D eigenvalue weighted by molar-refractivity contribution is 0.0636. The van der Waals surface area contributed by atoms with Gasteiger partial charge in [-0.15, -0.1) is 0 Å². The van der Waals surface area contributed by atoms with Crippen molar-refractivity contribution in [3.63, 3.8) is 0 Å². The van der Waals surface area contributed by atoms with Gasteiger partial charge in [-0.05, 0) is 26.8 Å². The molecule has 3 aromatic rings. The fraction of sp³-hybridized carbons (Fsp3) is 0.235. The van der Waals surface area contributed by atoms with Gasteiger partial charge in [0.1, 0.15) is 11.4 Å². The maximum absolute atomic E-state index is 11.8. The second-order valence-electron chi connectivity index (χ2n) is 6.17. The number of aromatic nitrogens is 3. The topological polar surface area (TPSA) is 79.9 Å². The molecule has 0 spiro atoms. The van der Waals surface area contributed by atoms with Crippen LogP contribution in [0.15, 0.2) is 42.6 Å². The summed E-state index contributed by atoms with van der Waals surface area (Å²) in [5.41, 5.74) is 2.33. The molecule has 2 aromatic heterocycles. The molecule has 0 fully saturated rings. The number of nitrogens with one attached hydrogen (secondary N) is 2. The Kier molecular flexibility index (Phi) is 3.73. The van der Waals surface area contributed by atoms with Crippen LogP contribution in [0.25, 0.3) is 22.6 Å². The number of benzene rings is 1. The van der Waals surface area contributed by atoms with E-state index in [1.165, 1.54) is 0 Å². The molecule has 2 heterocycles. The maximum atomic E-state index is 11.8. The smallest absolute Gasteiger partial charge is 0.412 e. The molecule has 0 aliphatic carbocycles. The molecular weight excluding hydrogens is 292 g/mol. The Morgan fingerprint density at radius 3 is 2.65 bits per heavy atom. The molecule has 0 radical (unpaired) electrons. The summed E-state index contributed by atoms with van der Waals surface area (Å²) in [6.07, 6.45) is 1.04. The van der Waals surface area contributed by atoms with E-state index in [2.05, 4.69) is 20.3 Å². The molecule has 1 aromatic carbocycles. The number of amides is 1. The van der Waals surface area contributed by atoms with Crippen molar-refractivity contribution in [3.05, 3.63) is 42.6 Å². The van der Waals surface area contributed by atoms with Gasteiger partial charge >= 0.3 is 6.09 Å². The molecule has 0 saturated carbocycles. The molecule has 0 unspecified atom stereocenters. The molecule has 6 heteroatoms. The van der Waals surface area contributed by atoms with E-state index in [9.17, 15) is 4.79 Å². The van der Waals surface area contributed by atoms with Crippen LogP contribution < -0.4 is 5.32 Å². The van der Waals surface area contributed by atoms with Crippen molar-refractivity contribution in [3.8, 4) is 11.4 Å². The van der Waals surface area contributed by atoms with Gasteiger partial charge in [-0.3, -0.25) is 5.32 Å². The minimum atomic E-state index is -0.546. The van der Waals surface area contributed by atoms with Crippen molar-refractivity contribution >= 4 is 22.9 Å². The molecule has 3 rings (SSSR count). The molecule has 0 atom stereocenters. The summed E-state index contributed by atoms with van der Waals surface area (Å²) in [6.45, 7) is 5.44. The molecule has 0 saturated heterocycles. The van der Waals surface area contributed by atoms with Crippen molar-refractivity contribution < 1.29 is 9.53 Å². The van der Waals surface area contributed by atoms with Gasteiger partial charge in [0.2, 0.25) is 0 Å². The van der Waals surface area contributed by atoms with Crippen LogP contribution in [0, 0.1) is 0 Å². The minimum Gasteiger partial charge on any atom is -0.444 e. The van der Waals surface area contributed by atoms with Crippen LogP contribution in [0.1, 0.15) is 20.8 Å². The number of rotatable bonds is 2. The third kappa shape index (κ3) is 3.66. The molecule has 0 aliphatic rings. The quantitative estimate of drug-likeness (QED) is 0.750. The molecule has 6 nitrogen and oxygen atoms in total. The first kappa shape index (κ1) is 15.0. The van der Waals surface area contributed by atoms with Gasteiger partial charge in [-0.25, -0.2) is 14.8 Å². The summed E-state index contributed by atoms with van der Waals surface area (Å²) < 4.78 is 5.22. The van der Waals surface area contributed by atoms with Gasteiger partial charge in [0.05, 0.1) is 17.4 Å². The monoisotopic (exact) mass is 310 g/mol. The van der Waals surface area contributed by atoms with Crippen LogP contribution in [-0.4, -0.2) is 26.6 Å². The maximum Gasteiger partial charge on any atom is 0.412 e. The zero-order valence-electron chi connectivity index (χ0n) is 13.3. The first-order valence-electron chi connectivity index (χ1n) is 7.32. The van der Waals surface area contributed by atoms with Crippen LogP contribution >= 0.6 is 0 Å². The van der Waals surface area contributed by atoms with Crippen LogP contribution in [0.4, 0.5) is 10.5 Å². The van der Waals surface area contributed by atoms with Gasteiger partial charge in [0, 0.05) is 5.56 Å². The van der Waals surface area contributed by atoms with E-state index in [0.717, 1.165) is 16.9 Å². The summed E-state index contributed by atoms with van der Waals surface area (Å²) in [7, 11) is 0. The SMILES string of the molecule is CC(C)(C)OC(=O)Nc1cnc2nc(-c3ccccc3)[nH]c2c1. The molecule has 23 heavy (non-hydrogen) atoms. The number of imidazole rings is 1. The number of carbonyl (C=O) groups excluding carboxylic acids is 1. The van der Waals surface area contributed by atoms with E-state index in [4.69, 9.17) is 4.74 Å². The molecule has 118 valence electrons. The van der Waals surface area contributed by atoms with E-state index in [1.807, 2.05) is 51.1 Å².